The molecule has 0 aliphatic carbocycles. The number of carbonyl (C=O) groups is 1. The topological polar surface area (TPSA) is 73.6 Å². The average molecular weight is 295 g/mol. The lowest BCUT2D eigenvalue weighted by atomic mass is 10.2. The second kappa shape index (κ2) is 4.72. The number of ether oxygens (including phenoxy) is 2. The predicted molar refractivity (Wildman–Crippen MR) is 71.5 cm³/mol. The van der Waals surface area contributed by atoms with Crippen LogP contribution in [0.2, 0.25) is 5.02 Å². The molecule has 1 aromatic carbocycles. The fraction of sp³-hybridized carbons (Fsp3) is 0.231. The molecule has 0 saturated carbocycles. The van der Waals surface area contributed by atoms with Crippen LogP contribution >= 0.6 is 11.6 Å². The van der Waals surface area contributed by atoms with Gasteiger partial charge in [-0.2, -0.15) is 0 Å². The lowest BCUT2D eigenvalue weighted by Gasteiger charge is -2.08. The lowest BCUT2D eigenvalue weighted by Crippen LogP contribution is -2.13. The molecule has 3 rings (SSSR count). The molecule has 0 radical (unpaired) electrons. The molecule has 104 valence electrons. The van der Waals surface area contributed by atoms with E-state index in [9.17, 15) is 4.79 Å². The first-order valence-corrected chi connectivity index (χ1v) is 6.27. The highest BCUT2D eigenvalue weighted by Gasteiger charge is 2.21. The first-order valence-electron chi connectivity index (χ1n) is 5.89. The molecular formula is C13H11ClN2O4. The Morgan fingerprint density at radius 3 is 2.65 bits per heavy atom. The quantitative estimate of drug-likeness (QED) is 0.922. The number of aryl methyl sites for hydroxylation is 2. The molecule has 0 saturated heterocycles. The molecule has 1 N–H and O–H groups in total. The van der Waals surface area contributed by atoms with Gasteiger partial charge in [0.15, 0.2) is 11.5 Å². The smallest absolute Gasteiger partial charge is 0.261 e. The van der Waals surface area contributed by atoms with Gasteiger partial charge in [-0.05, 0) is 13.8 Å². The Morgan fingerprint density at radius 1 is 1.30 bits per heavy atom. The van der Waals surface area contributed by atoms with Crippen LogP contribution in [0.1, 0.15) is 21.8 Å². The second-order valence-corrected chi connectivity index (χ2v) is 4.75. The van der Waals surface area contributed by atoms with Gasteiger partial charge < -0.3 is 19.3 Å². The van der Waals surface area contributed by atoms with E-state index in [0.29, 0.717) is 39.2 Å². The van der Waals surface area contributed by atoms with Gasteiger partial charge in [-0.3, -0.25) is 4.79 Å². The van der Waals surface area contributed by atoms with Crippen LogP contribution in [0, 0.1) is 13.8 Å². The Labute approximate surface area is 119 Å². The van der Waals surface area contributed by atoms with Crippen LogP contribution in [-0.4, -0.2) is 17.9 Å². The van der Waals surface area contributed by atoms with Crippen molar-refractivity contribution >= 4 is 23.2 Å². The van der Waals surface area contributed by atoms with Crippen LogP contribution < -0.4 is 14.8 Å². The Morgan fingerprint density at radius 2 is 2.00 bits per heavy atom. The SMILES string of the molecule is Cc1noc(C)c1C(=O)Nc1cc2c(cc1Cl)OCO2. The minimum atomic E-state index is -0.331. The average Bonchev–Trinajstić information content (AvgIpc) is 2.96. The van der Waals surface area contributed by atoms with Gasteiger partial charge in [0, 0.05) is 12.1 Å². The van der Waals surface area contributed by atoms with E-state index in [2.05, 4.69) is 10.5 Å². The minimum absolute atomic E-state index is 0.146. The van der Waals surface area contributed by atoms with Crippen LogP contribution in [0.3, 0.4) is 0 Å². The number of anilines is 1. The third-order valence-electron chi connectivity index (χ3n) is 2.97. The van der Waals surface area contributed by atoms with Crippen LogP contribution in [0.25, 0.3) is 0 Å². The van der Waals surface area contributed by atoms with E-state index in [1.165, 1.54) is 0 Å². The van der Waals surface area contributed by atoms with E-state index in [4.69, 9.17) is 25.6 Å². The van der Waals surface area contributed by atoms with Crippen LogP contribution in [0.4, 0.5) is 5.69 Å². The van der Waals surface area contributed by atoms with Crippen molar-refractivity contribution in [3.05, 3.63) is 34.2 Å². The first kappa shape index (κ1) is 12.8. The minimum Gasteiger partial charge on any atom is -0.454 e. The van der Waals surface area contributed by atoms with Crippen molar-refractivity contribution in [2.45, 2.75) is 13.8 Å². The maximum Gasteiger partial charge on any atom is 0.261 e. The summed E-state index contributed by atoms with van der Waals surface area (Å²) in [4.78, 5) is 12.2. The molecule has 0 bridgehead atoms. The van der Waals surface area contributed by atoms with E-state index in [-0.39, 0.29) is 12.7 Å². The van der Waals surface area contributed by atoms with Crippen molar-refractivity contribution < 1.29 is 18.8 Å². The number of nitrogens with one attached hydrogen (secondary N) is 1. The summed E-state index contributed by atoms with van der Waals surface area (Å²) < 4.78 is 15.4. The third kappa shape index (κ3) is 2.08. The molecule has 1 amide bonds. The van der Waals surface area contributed by atoms with Gasteiger partial charge in [0.2, 0.25) is 6.79 Å². The summed E-state index contributed by atoms with van der Waals surface area (Å²) in [5.74, 6) is 1.23. The second-order valence-electron chi connectivity index (χ2n) is 4.34. The summed E-state index contributed by atoms with van der Waals surface area (Å²) in [5, 5.41) is 6.83. The molecule has 7 heteroatoms. The van der Waals surface area contributed by atoms with E-state index >= 15 is 0 Å². The molecule has 1 aliphatic heterocycles. The molecule has 2 aromatic rings. The highest BCUT2D eigenvalue weighted by molar-refractivity contribution is 6.34. The summed E-state index contributed by atoms with van der Waals surface area (Å²) in [7, 11) is 0. The summed E-state index contributed by atoms with van der Waals surface area (Å²) in [6, 6.07) is 3.23. The fourth-order valence-electron chi connectivity index (χ4n) is 2.00. The molecule has 0 atom stereocenters. The van der Waals surface area contributed by atoms with Crippen LogP contribution in [0.5, 0.6) is 11.5 Å². The van der Waals surface area contributed by atoms with E-state index in [1.807, 2.05) is 0 Å². The van der Waals surface area contributed by atoms with Gasteiger partial charge in [-0.1, -0.05) is 16.8 Å². The van der Waals surface area contributed by atoms with Crippen molar-refractivity contribution in [3.63, 3.8) is 0 Å². The van der Waals surface area contributed by atoms with Gasteiger partial charge in [-0.15, -0.1) is 0 Å². The van der Waals surface area contributed by atoms with Crippen molar-refractivity contribution in [2.75, 3.05) is 12.1 Å². The number of rotatable bonds is 2. The first-order chi connectivity index (χ1) is 9.56. The zero-order valence-corrected chi connectivity index (χ0v) is 11.6. The van der Waals surface area contributed by atoms with E-state index < -0.39 is 0 Å². The van der Waals surface area contributed by atoms with Crippen molar-refractivity contribution in [1.82, 2.24) is 5.16 Å². The maximum atomic E-state index is 12.2. The zero-order chi connectivity index (χ0) is 14.3. The Bertz CT molecular complexity index is 676. The van der Waals surface area contributed by atoms with Crippen LogP contribution in [0.15, 0.2) is 16.7 Å². The molecular weight excluding hydrogens is 284 g/mol. The number of carbonyl (C=O) groups excluding carboxylic acids is 1. The van der Waals surface area contributed by atoms with Crippen LogP contribution in [-0.2, 0) is 0 Å². The number of hydrogen-bond acceptors (Lipinski definition) is 5. The van der Waals surface area contributed by atoms with Crippen molar-refractivity contribution in [1.29, 1.82) is 0 Å². The van der Waals surface area contributed by atoms with Crippen molar-refractivity contribution in [3.8, 4) is 11.5 Å². The molecule has 20 heavy (non-hydrogen) atoms. The lowest BCUT2D eigenvalue weighted by molar-refractivity contribution is 0.102. The molecule has 6 nitrogen and oxygen atoms in total. The standard InChI is InChI=1S/C13H11ClN2O4/c1-6-12(7(2)20-16-6)13(17)15-9-4-11-10(3-8(9)14)18-5-19-11/h3-4H,5H2,1-2H3,(H,15,17). The Kier molecular flexibility index (Phi) is 3.02. The number of hydrogen-bond donors (Lipinski definition) is 1. The van der Waals surface area contributed by atoms with Gasteiger partial charge in [0.1, 0.15) is 11.3 Å². The third-order valence-corrected chi connectivity index (χ3v) is 3.28. The molecule has 0 fully saturated rings. The fourth-order valence-corrected chi connectivity index (χ4v) is 2.21. The summed E-state index contributed by atoms with van der Waals surface area (Å²) in [6.45, 7) is 3.52. The van der Waals surface area contributed by atoms with E-state index in [0.717, 1.165) is 0 Å². The predicted octanol–water partition coefficient (Wildman–Crippen LogP) is 2.93. The largest absolute Gasteiger partial charge is 0.454 e. The summed E-state index contributed by atoms with van der Waals surface area (Å²) >= 11 is 6.10. The number of fused-ring (bicyclic) bond motifs is 1. The number of amides is 1. The van der Waals surface area contributed by atoms with Gasteiger partial charge >= 0.3 is 0 Å². The zero-order valence-electron chi connectivity index (χ0n) is 10.8. The number of benzene rings is 1. The maximum absolute atomic E-state index is 12.2. The normalized spacial score (nSPS) is 12.6. The molecule has 2 heterocycles. The molecule has 1 aliphatic rings. The van der Waals surface area contributed by atoms with Crippen molar-refractivity contribution in [2.24, 2.45) is 0 Å². The highest BCUT2D eigenvalue weighted by Crippen LogP contribution is 2.39. The summed E-state index contributed by atoms with van der Waals surface area (Å²) in [6.07, 6.45) is 0. The Hall–Kier alpha value is -2.21. The molecule has 0 unspecified atom stereocenters. The summed E-state index contributed by atoms with van der Waals surface area (Å²) in [5.41, 5.74) is 1.37. The number of halogens is 1. The monoisotopic (exact) mass is 294 g/mol. The Balaban J connectivity index is 1.90. The van der Waals surface area contributed by atoms with Gasteiger partial charge in [0.05, 0.1) is 16.4 Å². The molecule has 1 aromatic heterocycles. The van der Waals surface area contributed by atoms with Gasteiger partial charge in [-0.25, -0.2) is 0 Å². The molecule has 0 spiro atoms. The number of aromatic nitrogens is 1. The van der Waals surface area contributed by atoms with Gasteiger partial charge in [0.25, 0.3) is 5.91 Å². The highest BCUT2D eigenvalue weighted by atomic mass is 35.5. The number of nitrogens with zero attached hydrogens (tertiary/aromatic N) is 1. The van der Waals surface area contributed by atoms with E-state index in [1.54, 1.807) is 26.0 Å².